The Balaban J connectivity index is 1.66. The summed E-state index contributed by atoms with van der Waals surface area (Å²) >= 11 is 0. The lowest BCUT2D eigenvalue weighted by molar-refractivity contribution is 0.0379. The monoisotopic (exact) mass is 475 g/mol. The Morgan fingerprint density at radius 3 is 2.79 bits per heavy atom. The largest absolute Gasteiger partial charge is 0.382 e. The molecular weight excluding hydrogens is 448 g/mol. The Hall–Kier alpha value is -3.45. The lowest BCUT2D eigenvalue weighted by Gasteiger charge is -2.32. The first kappa shape index (κ1) is 23.7. The van der Waals surface area contributed by atoms with E-state index in [1.54, 1.807) is 0 Å². The number of methoxy groups -OCH3 is 1. The third-order valence-corrected chi connectivity index (χ3v) is 5.25. The summed E-state index contributed by atoms with van der Waals surface area (Å²) in [6, 6.07) is 1.82. The standard InChI is InChI=1S/C21H27F2N9O2/c1-4-14-10-32(5-6-34-14)21-28-19(27-20(29-21)26-17-7-12(2)30-31-17)25-16(11-33-3)18-15(23)8-13(22)9-24-18/h7-9,14,16H,4-6,10-11H2,1-3H3,(H3,25,26,27,28,29,30,31). The predicted octanol–water partition coefficient (Wildman–Crippen LogP) is 2.73. The van der Waals surface area contributed by atoms with Crippen LogP contribution in [0, 0.1) is 18.6 Å². The van der Waals surface area contributed by atoms with Gasteiger partial charge >= 0.3 is 0 Å². The molecular formula is C21H27F2N9O2. The van der Waals surface area contributed by atoms with Crippen molar-refractivity contribution in [3.63, 3.8) is 0 Å². The van der Waals surface area contributed by atoms with E-state index in [2.05, 4.69) is 47.7 Å². The Bertz CT molecular complexity index is 1110. The third-order valence-electron chi connectivity index (χ3n) is 5.25. The summed E-state index contributed by atoms with van der Waals surface area (Å²) < 4.78 is 38.8. The molecule has 0 spiro atoms. The first-order valence-electron chi connectivity index (χ1n) is 10.9. The molecule has 3 aromatic rings. The number of halogens is 2. The lowest BCUT2D eigenvalue weighted by Crippen LogP contribution is -2.43. The molecule has 3 aromatic heterocycles. The molecule has 0 amide bonds. The molecule has 1 saturated heterocycles. The number of ether oxygens (including phenoxy) is 2. The fraction of sp³-hybridized carbons (Fsp3) is 0.476. The van der Waals surface area contributed by atoms with Crippen molar-refractivity contribution >= 4 is 23.7 Å². The van der Waals surface area contributed by atoms with Gasteiger partial charge in [0.1, 0.15) is 17.3 Å². The van der Waals surface area contributed by atoms with Gasteiger partial charge in [-0.15, -0.1) is 0 Å². The Labute approximate surface area is 195 Å². The minimum atomic E-state index is -0.798. The number of aromatic nitrogens is 6. The molecule has 13 heteroatoms. The van der Waals surface area contributed by atoms with Crippen molar-refractivity contribution in [1.29, 1.82) is 0 Å². The highest BCUT2D eigenvalue weighted by atomic mass is 19.1. The highest BCUT2D eigenvalue weighted by Gasteiger charge is 2.24. The van der Waals surface area contributed by atoms with Crippen LogP contribution >= 0.6 is 0 Å². The maximum absolute atomic E-state index is 14.5. The van der Waals surface area contributed by atoms with Gasteiger partial charge in [-0.2, -0.15) is 20.1 Å². The maximum Gasteiger partial charge on any atom is 0.235 e. The highest BCUT2D eigenvalue weighted by molar-refractivity contribution is 5.53. The summed E-state index contributed by atoms with van der Waals surface area (Å²) in [5.74, 6) is -0.174. The fourth-order valence-corrected chi connectivity index (χ4v) is 3.56. The molecule has 11 nitrogen and oxygen atoms in total. The molecule has 0 aromatic carbocycles. The van der Waals surface area contributed by atoms with Gasteiger partial charge in [0.15, 0.2) is 5.82 Å². The second-order valence-electron chi connectivity index (χ2n) is 7.86. The van der Waals surface area contributed by atoms with Crippen LogP contribution in [0.5, 0.6) is 0 Å². The van der Waals surface area contributed by atoms with Crippen LogP contribution in [0.15, 0.2) is 18.3 Å². The Kier molecular flexibility index (Phi) is 7.43. The van der Waals surface area contributed by atoms with E-state index in [0.29, 0.717) is 31.5 Å². The molecule has 2 atom stereocenters. The Morgan fingerprint density at radius 2 is 2.09 bits per heavy atom. The van der Waals surface area contributed by atoms with Gasteiger partial charge in [-0.25, -0.2) is 8.78 Å². The van der Waals surface area contributed by atoms with Crippen LogP contribution < -0.4 is 15.5 Å². The van der Waals surface area contributed by atoms with Crippen LogP contribution in [0.1, 0.15) is 30.8 Å². The van der Waals surface area contributed by atoms with Crippen molar-refractivity contribution < 1.29 is 18.3 Å². The number of aromatic amines is 1. The summed E-state index contributed by atoms with van der Waals surface area (Å²) in [6.07, 6.45) is 1.87. The number of hydrogen-bond donors (Lipinski definition) is 3. The fourth-order valence-electron chi connectivity index (χ4n) is 3.56. The Morgan fingerprint density at radius 1 is 1.26 bits per heavy atom. The van der Waals surface area contributed by atoms with E-state index < -0.39 is 17.7 Å². The average Bonchev–Trinajstić information content (AvgIpc) is 3.23. The molecule has 4 rings (SSSR count). The van der Waals surface area contributed by atoms with Crippen LogP contribution in [0.2, 0.25) is 0 Å². The van der Waals surface area contributed by atoms with E-state index in [4.69, 9.17) is 9.47 Å². The quantitative estimate of drug-likeness (QED) is 0.425. The van der Waals surface area contributed by atoms with Crippen molar-refractivity contribution in [3.05, 3.63) is 41.4 Å². The molecule has 34 heavy (non-hydrogen) atoms. The molecule has 182 valence electrons. The number of hydrogen-bond acceptors (Lipinski definition) is 10. The molecule has 1 aliphatic rings. The van der Waals surface area contributed by atoms with E-state index in [9.17, 15) is 8.78 Å². The number of H-pyrrole nitrogens is 1. The molecule has 2 unspecified atom stereocenters. The van der Waals surface area contributed by atoms with Gasteiger partial charge in [0.25, 0.3) is 0 Å². The van der Waals surface area contributed by atoms with Crippen molar-refractivity contribution in [1.82, 2.24) is 30.1 Å². The zero-order chi connectivity index (χ0) is 24.1. The topological polar surface area (TPSA) is 126 Å². The minimum Gasteiger partial charge on any atom is -0.382 e. The smallest absolute Gasteiger partial charge is 0.235 e. The second kappa shape index (κ2) is 10.7. The number of aryl methyl sites for hydroxylation is 1. The van der Waals surface area contributed by atoms with Crippen LogP contribution in [0.4, 0.5) is 32.4 Å². The molecule has 1 aliphatic heterocycles. The van der Waals surface area contributed by atoms with Gasteiger partial charge in [0.2, 0.25) is 17.8 Å². The molecule has 1 fully saturated rings. The first-order valence-corrected chi connectivity index (χ1v) is 10.9. The van der Waals surface area contributed by atoms with E-state index in [1.165, 1.54) is 7.11 Å². The highest BCUT2D eigenvalue weighted by Crippen LogP contribution is 2.24. The zero-order valence-corrected chi connectivity index (χ0v) is 19.2. The van der Waals surface area contributed by atoms with Crippen molar-refractivity contribution in [2.45, 2.75) is 32.4 Å². The van der Waals surface area contributed by atoms with Gasteiger partial charge < -0.3 is 25.0 Å². The maximum atomic E-state index is 14.5. The van der Waals surface area contributed by atoms with Crippen molar-refractivity contribution in [2.24, 2.45) is 0 Å². The van der Waals surface area contributed by atoms with Crippen LogP contribution in [0.25, 0.3) is 0 Å². The van der Waals surface area contributed by atoms with E-state index in [-0.39, 0.29) is 30.3 Å². The molecule has 4 heterocycles. The number of rotatable bonds is 9. The number of anilines is 4. The first-order chi connectivity index (χ1) is 16.4. The summed E-state index contributed by atoms with van der Waals surface area (Å²) in [6.45, 7) is 5.76. The van der Waals surface area contributed by atoms with Crippen molar-refractivity contribution in [3.8, 4) is 0 Å². The lowest BCUT2D eigenvalue weighted by atomic mass is 10.2. The zero-order valence-electron chi connectivity index (χ0n) is 19.2. The van der Waals surface area contributed by atoms with Crippen LogP contribution in [-0.4, -0.2) is 69.7 Å². The molecule has 0 bridgehead atoms. The molecule has 3 N–H and O–H groups in total. The SMILES string of the molecule is CCC1CN(c2nc(Nc3cc(C)[nH]n3)nc(NC(COC)c3ncc(F)cc3F)n2)CCO1. The normalized spacial score (nSPS) is 17.0. The van der Waals surface area contributed by atoms with Crippen molar-refractivity contribution in [2.75, 3.05) is 48.9 Å². The number of morpholine rings is 1. The van der Waals surface area contributed by atoms with E-state index in [0.717, 1.165) is 24.4 Å². The van der Waals surface area contributed by atoms with Gasteiger partial charge in [-0.1, -0.05) is 6.92 Å². The molecule has 0 saturated carbocycles. The van der Waals surface area contributed by atoms with Gasteiger partial charge in [-0.05, 0) is 13.3 Å². The van der Waals surface area contributed by atoms with Gasteiger partial charge in [-0.3, -0.25) is 10.1 Å². The third kappa shape index (κ3) is 5.72. The predicted molar refractivity (Wildman–Crippen MR) is 121 cm³/mol. The number of pyridine rings is 1. The van der Waals surface area contributed by atoms with Crippen LogP contribution in [-0.2, 0) is 9.47 Å². The summed E-state index contributed by atoms with van der Waals surface area (Å²) in [5.41, 5.74) is 0.854. The van der Waals surface area contributed by atoms with Crippen LogP contribution in [0.3, 0.4) is 0 Å². The van der Waals surface area contributed by atoms with Gasteiger partial charge in [0, 0.05) is 38.0 Å². The summed E-state index contributed by atoms with van der Waals surface area (Å²) in [4.78, 5) is 19.5. The van der Waals surface area contributed by atoms with Gasteiger partial charge in [0.05, 0.1) is 31.6 Å². The van der Waals surface area contributed by atoms with E-state index in [1.807, 2.05) is 17.9 Å². The summed E-state index contributed by atoms with van der Waals surface area (Å²) in [7, 11) is 1.47. The summed E-state index contributed by atoms with van der Waals surface area (Å²) in [5, 5.41) is 13.1. The van der Waals surface area contributed by atoms with E-state index >= 15 is 0 Å². The average molecular weight is 476 g/mol. The second-order valence-corrected chi connectivity index (χ2v) is 7.86. The number of nitrogens with zero attached hydrogens (tertiary/aromatic N) is 6. The minimum absolute atomic E-state index is 0.0138. The number of nitrogens with one attached hydrogen (secondary N) is 3. The molecule has 0 aliphatic carbocycles. The molecule has 0 radical (unpaired) electrons.